The SMILES string of the molecule is O=[C-]N(S)S.[Mo]. The number of thiol groups is 2. The summed E-state index contributed by atoms with van der Waals surface area (Å²) < 4.78 is 0.708. The quantitative estimate of drug-likeness (QED) is 0.267. The van der Waals surface area contributed by atoms with Crippen LogP contribution in [0.3, 0.4) is 0 Å². The minimum atomic E-state index is 0. The van der Waals surface area contributed by atoms with Gasteiger partial charge >= 0.3 is 0 Å². The Balaban J connectivity index is 0. The summed E-state index contributed by atoms with van der Waals surface area (Å²) in [5.41, 5.74) is 0. The zero-order valence-corrected chi connectivity index (χ0v) is 6.45. The van der Waals surface area contributed by atoms with E-state index in [1.54, 1.807) is 0 Å². The van der Waals surface area contributed by atoms with Crippen LogP contribution in [0, 0.1) is 0 Å². The maximum atomic E-state index is 9.15. The van der Waals surface area contributed by atoms with E-state index < -0.39 is 0 Å². The van der Waals surface area contributed by atoms with Gasteiger partial charge in [0.2, 0.25) is 0 Å². The van der Waals surface area contributed by atoms with Crippen LogP contribution < -0.4 is 0 Å². The maximum absolute atomic E-state index is 9.15. The monoisotopic (exact) mass is 206 g/mol. The van der Waals surface area contributed by atoms with E-state index in [0.717, 1.165) is 0 Å². The zero-order chi connectivity index (χ0) is 4.28. The summed E-state index contributed by atoms with van der Waals surface area (Å²) in [5, 5.41) is 0. The normalized spacial score (nSPS) is 5.67. The van der Waals surface area contributed by atoms with Crippen LogP contribution >= 0.6 is 25.6 Å². The molecule has 5 heteroatoms. The fourth-order valence-corrected chi connectivity index (χ4v) is 0. The van der Waals surface area contributed by atoms with Crippen LogP contribution in [-0.4, -0.2) is 10.1 Å². The second kappa shape index (κ2) is 5.86. The van der Waals surface area contributed by atoms with E-state index in [4.69, 9.17) is 4.79 Å². The molecular weight excluding hydrogens is 202 g/mol. The summed E-state index contributed by atoms with van der Waals surface area (Å²) in [7, 11) is 0. The Labute approximate surface area is 61.6 Å². The van der Waals surface area contributed by atoms with Gasteiger partial charge in [-0.1, -0.05) is 25.6 Å². The number of rotatable bonds is 1. The van der Waals surface area contributed by atoms with Crippen LogP contribution in [-0.2, 0) is 25.9 Å². The molecule has 0 aromatic heterocycles. The first kappa shape index (κ1) is 9.97. The third kappa shape index (κ3) is 8.85. The van der Waals surface area contributed by atoms with Crippen molar-refractivity contribution in [3.63, 3.8) is 0 Å². The molecule has 0 spiro atoms. The molecule has 1 amide bonds. The predicted octanol–water partition coefficient (Wildman–Crippen LogP) is 0.0427. The van der Waals surface area contributed by atoms with E-state index in [9.17, 15) is 0 Å². The molecule has 0 aliphatic heterocycles. The molecule has 0 fully saturated rings. The third-order valence-electron chi connectivity index (χ3n) is 0.0816. The number of hydrogen-bond donors (Lipinski definition) is 2. The summed E-state index contributed by atoms with van der Waals surface area (Å²) >= 11 is 6.74. The van der Waals surface area contributed by atoms with E-state index in [0.29, 0.717) is 3.71 Å². The number of carbonyl (C=O) groups excluding carboxylic acids is 1. The van der Waals surface area contributed by atoms with Crippen molar-refractivity contribution >= 4 is 32.0 Å². The molecule has 0 bridgehead atoms. The molecule has 0 saturated carbocycles. The Morgan fingerprint density at radius 1 is 1.50 bits per heavy atom. The molecule has 0 radical (unpaired) electrons. The van der Waals surface area contributed by atoms with E-state index in [1.807, 2.05) is 0 Å². The zero-order valence-electron chi connectivity index (χ0n) is 2.66. The van der Waals surface area contributed by atoms with Gasteiger partial charge in [-0.05, 0) is 0 Å². The molecule has 0 aliphatic carbocycles. The van der Waals surface area contributed by atoms with Crippen LogP contribution in [0.2, 0.25) is 0 Å². The van der Waals surface area contributed by atoms with Crippen LogP contribution in [0.25, 0.3) is 0 Å². The van der Waals surface area contributed by atoms with Gasteiger partial charge in [-0.15, -0.1) is 6.41 Å². The number of nitrogens with zero attached hydrogens (tertiary/aromatic N) is 1. The van der Waals surface area contributed by atoms with E-state index in [2.05, 4.69) is 25.6 Å². The van der Waals surface area contributed by atoms with Crippen molar-refractivity contribution in [1.82, 2.24) is 3.71 Å². The molecule has 0 atom stereocenters. The molecule has 0 aliphatic rings. The second-order valence-electron chi connectivity index (χ2n) is 0.381. The Morgan fingerprint density at radius 3 is 1.67 bits per heavy atom. The molecule has 2 nitrogen and oxygen atoms in total. The van der Waals surface area contributed by atoms with Crippen LogP contribution in [0.4, 0.5) is 0 Å². The minimum Gasteiger partial charge on any atom is -0.518 e. The van der Waals surface area contributed by atoms with E-state index in [-0.39, 0.29) is 21.1 Å². The summed E-state index contributed by atoms with van der Waals surface area (Å²) in [4.78, 5) is 9.15. The third-order valence-corrected chi connectivity index (χ3v) is 0.245. The molecule has 0 rings (SSSR count). The topological polar surface area (TPSA) is 20.3 Å². The van der Waals surface area contributed by atoms with Gasteiger partial charge in [-0.2, -0.15) is 0 Å². The van der Waals surface area contributed by atoms with Gasteiger partial charge in [0.25, 0.3) is 0 Å². The molecule has 0 N–H and O–H groups in total. The summed E-state index contributed by atoms with van der Waals surface area (Å²) in [6.07, 6.45) is 1.34. The first-order chi connectivity index (χ1) is 2.27. The fourth-order valence-electron chi connectivity index (χ4n) is 0. The second-order valence-corrected chi connectivity index (χ2v) is 1.50. The number of hydrogen-bond acceptors (Lipinski definition) is 3. The smallest absolute Gasteiger partial charge is 0 e. The summed E-state index contributed by atoms with van der Waals surface area (Å²) in [6, 6.07) is 0. The van der Waals surface area contributed by atoms with Crippen molar-refractivity contribution in [3.05, 3.63) is 0 Å². The molecule has 6 heavy (non-hydrogen) atoms. The summed E-state index contributed by atoms with van der Waals surface area (Å²) in [5.74, 6) is 0. The van der Waals surface area contributed by atoms with Crippen LogP contribution in [0.5, 0.6) is 0 Å². The molecule has 0 saturated heterocycles. The van der Waals surface area contributed by atoms with Gasteiger partial charge in [0.05, 0.1) is 0 Å². The standard InChI is InChI=1S/CH2NOS2.Mo/c3-1-2(4)5;/h4-5H;/q-1;. The van der Waals surface area contributed by atoms with Crippen molar-refractivity contribution < 1.29 is 25.9 Å². The van der Waals surface area contributed by atoms with E-state index >= 15 is 0 Å². The average molecular weight is 204 g/mol. The van der Waals surface area contributed by atoms with Gasteiger partial charge in [-0.25, -0.2) is 0 Å². The van der Waals surface area contributed by atoms with Gasteiger partial charge in [-0.3, -0.25) is 0 Å². The van der Waals surface area contributed by atoms with Crippen molar-refractivity contribution in [2.75, 3.05) is 0 Å². The largest absolute Gasteiger partial charge is 0.518 e. The Morgan fingerprint density at radius 2 is 1.67 bits per heavy atom. The molecule has 0 aromatic rings. The predicted molar refractivity (Wildman–Crippen MR) is 25.5 cm³/mol. The van der Waals surface area contributed by atoms with Crippen molar-refractivity contribution in [3.8, 4) is 0 Å². The van der Waals surface area contributed by atoms with Gasteiger partial charge in [0, 0.05) is 21.1 Å². The van der Waals surface area contributed by atoms with Gasteiger partial charge in [0.15, 0.2) is 0 Å². The van der Waals surface area contributed by atoms with Gasteiger partial charge < -0.3 is 8.51 Å². The van der Waals surface area contributed by atoms with Crippen molar-refractivity contribution in [2.24, 2.45) is 0 Å². The van der Waals surface area contributed by atoms with E-state index in [1.165, 1.54) is 6.41 Å². The van der Waals surface area contributed by atoms with Crippen LogP contribution in [0.1, 0.15) is 0 Å². The van der Waals surface area contributed by atoms with Crippen LogP contribution in [0.15, 0.2) is 0 Å². The molecule has 0 heterocycles. The Hall–Kier alpha value is 0.858. The molecule has 0 aromatic carbocycles. The Kier molecular flexibility index (Phi) is 9.74. The number of amides is 1. The maximum Gasteiger partial charge on any atom is 0 e. The molecular formula is CH2MoNOS2-. The summed E-state index contributed by atoms with van der Waals surface area (Å²) in [6.45, 7) is 0. The van der Waals surface area contributed by atoms with Gasteiger partial charge in [0.1, 0.15) is 0 Å². The average Bonchev–Trinajstić information content (AvgIpc) is 1.38. The molecule has 0 unspecified atom stereocenters. The fraction of sp³-hybridized carbons (Fsp3) is 0. The molecule has 36 valence electrons. The van der Waals surface area contributed by atoms with Crippen molar-refractivity contribution in [1.29, 1.82) is 0 Å². The Bertz CT molecular complexity index is 40.5. The minimum absolute atomic E-state index is 0. The first-order valence-electron chi connectivity index (χ1n) is 0.828. The van der Waals surface area contributed by atoms with Crippen molar-refractivity contribution in [2.45, 2.75) is 0 Å². The first-order valence-corrected chi connectivity index (χ1v) is 1.63.